The maximum Gasteiger partial charge on any atom is 0.321 e. The molecule has 3 rings (SSSR count). The maximum atomic E-state index is 12.7. The molecule has 3 N–H and O–H groups in total. The number of halogens is 2. The Morgan fingerprint density at radius 2 is 1.79 bits per heavy atom. The zero-order valence-electron chi connectivity index (χ0n) is 12.4. The Hall–Kier alpha value is -2.08. The van der Waals surface area contributed by atoms with Gasteiger partial charge in [0.05, 0.1) is 0 Å². The maximum absolute atomic E-state index is 12.7. The lowest BCUT2D eigenvalue weighted by atomic mass is 9.89. The van der Waals surface area contributed by atoms with Crippen LogP contribution in [-0.2, 0) is 16.0 Å². The van der Waals surface area contributed by atoms with Gasteiger partial charge in [-0.25, -0.2) is 0 Å². The van der Waals surface area contributed by atoms with E-state index in [1.54, 1.807) is 18.2 Å². The van der Waals surface area contributed by atoms with Crippen molar-refractivity contribution in [1.29, 1.82) is 0 Å². The molecule has 1 amide bonds. The molecule has 1 heterocycles. The molecular formula is C17H14Cl2N2O3. The van der Waals surface area contributed by atoms with Crippen LogP contribution >= 0.6 is 23.2 Å². The van der Waals surface area contributed by atoms with Crippen molar-refractivity contribution in [3.05, 3.63) is 63.6 Å². The van der Waals surface area contributed by atoms with Crippen LogP contribution in [0.2, 0.25) is 10.0 Å². The summed E-state index contributed by atoms with van der Waals surface area (Å²) in [4.78, 5) is 24.0. The highest BCUT2D eigenvalue weighted by Gasteiger charge is 2.34. The van der Waals surface area contributed by atoms with E-state index in [4.69, 9.17) is 23.2 Å². The van der Waals surface area contributed by atoms with Crippen LogP contribution in [0.1, 0.15) is 17.2 Å². The average molecular weight is 365 g/mol. The summed E-state index contributed by atoms with van der Waals surface area (Å²) in [7, 11) is 0. The Labute approximate surface area is 148 Å². The molecule has 2 aromatic carbocycles. The molecular weight excluding hydrogens is 351 g/mol. The van der Waals surface area contributed by atoms with Crippen molar-refractivity contribution in [2.75, 3.05) is 5.32 Å². The molecule has 1 aliphatic rings. The lowest BCUT2D eigenvalue weighted by Gasteiger charge is -2.30. The van der Waals surface area contributed by atoms with Crippen LogP contribution in [0.15, 0.2) is 42.5 Å². The van der Waals surface area contributed by atoms with Gasteiger partial charge in [-0.05, 0) is 35.7 Å². The molecule has 5 nitrogen and oxygen atoms in total. The van der Waals surface area contributed by atoms with Crippen LogP contribution in [-0.4, -0.2) is 23.0 Å². The molecule has 0 fully saturated rings. The first-order valence-corrected chi connectivity index (χ1v) is 8.03. The molecule has 2 atom stereocenters. The first-order chi connectivity index (χ1) is 11.4. The third kappa shape index (κ3) is 3.53. The molecule has 0 saturated carbocycles. The Kier molecular flexibility index (Phi) is 4.76. The number of anilines is 1. The van der Waals surface area contributed by atoms with E-state index in [9.17, 15) is 14.7 Å². The Balaban J connectivity index is 1.89. The topological polar surface area (TPSA) is 78.4 Å². The van der Waals surface area contributed by atoms with Gasteiger partial charge in [-0.3, -0.25) is 14.9 Å². The van der Waals surface area contributed by atoms with E-state index >= 15 is 0 Å². The van der Waals surface area contributed by atoms with Crippen LogP contribution in [0.25, 0.3) is 0 Å². The minimum atomic E-state index is -0.992. The number of carbonyl (C=O) groups is 2. The second kappa shape index (κ2) is 6.81. The number of nitrogens with one attached hydrogen (secondary N) is 2. The average Bonchev–Trinajstić information content (AvgIpc) is 2.52. The van der Waals surface area contributed by atoms with Gasteiger partial charge in [-0.15, -0.1) is 0 Å². The summed E-state index contributed by atoms with van der Waals surface area (Å²) in [6.45, 7) is 0. The second-order valence-corrected chi connectivity index (χ2v) is 6.41. The van der Waals surface area contributed by atoms with Gasteiger partial charge in [-0.2, -0.15) is 0 Å². The third-order valence-electron chi connectivity index (χ3n) is 3.85. The number of hydrogen-bond acceptors (Lipinski definition) is 3. The number of amides is 1. The van der Waals surface area contributed by atoms with Crippen LogP contribution < -0.4 is 10.6 Å². The highest BCUT2D eigenvalue weighted by Crippen LogP contribution is 2.28. The molecule has 124 valence electrons. The van der Waals surface area contributed by atoms with E-state index in [2.05, 4.69) is 10.6 Å². The zero-order chi connectivity index (χ0) is 17.3. The summed E-state index contributed by atoms with van der Waals surface area (Å²) in [6, 6.07) is 10.4. The van der Waals surface area contributed by atoms with Crippen molar-refractivity contribution in [2.24, 2.45) is 0 Å². The van der Waals surface area contributed by atoms with Crippen molar-refractivity contribution in [2.45, 2.75) is 18.5 Å². The van der Waals surface area contributed by atoms with Gasteiger partial charge in [0.25, 0.3) is 0 Å². The number of rotatable bonds is 3. The standard InChI is InChI=1S/C17H14Cl2N2O3/c18-10-6-11(19)8-12(7-10)20-16(22)15-13-4-2-1-3-9(13)5-14(21-15)17(23)24/h1-4,6-8,14-15,21H,5H2,(H,20,22)(H,23,24). The molecule has 0 radical (unpaired) electrons. The monoisotopic (exact) mass is 364 g/mol. The number of hydrogen-bond donors (Lipinski definition) is 3. The molecule has 7 heteroatoms. The van der Waals surface area contributed by atoms with E-state index in [1.165, 1.54) is 0 Å². The molecule has 0 saturated heterocycles. The largest absolute Gasteiger partial charge is 0.480 e. The number of carboxylic acids is 1. The van der Waals surface area contributed by atoms with E-state index in [1.807, 2.05) is 24.3 Å². The highest BCUT2D eigenvalue weighted by molar-refractivity contribution is 6.35. The fourth-order valence-electron chi connectivity index (χ4n) is 2.79. The highest BCUT2D eigenvalue weighted by atomic mass is 35.5. The molecule has 0 aliphatic carbocycles. The number of fused-ring (bicyclic) bond motifs is 1. The summed E-state index contributed by atoms with van der Waals surface area (Å²) in [6.07, 6.45) is 0.332. The lowest BCUT2D eigenvalue weighted by molar-refractivity contribution is -0.140. The van der Waals surface area contributed by atoms with Crippen LogP contribution in [0.3, 0.4) is 0 Å². The molecule has 0 spiro atoms. The van der Waals surface area contributed by atoms with Crippen LogP contribution in [0.4, 0.5) is 5.69 Å². The first-order valence-electron chi connectivity index (χ1n) is 7.27. The molecule has 0 aromatic heterocycles. The van der Waals surface area contributed by atoms with Gasteiger partial charge in [0, 0.05) is 15.7 Å². The smallest absolute Gasteiger partial charge is 0.321 e. The van der Waals surface area contributed by atoms with E-state index in [-0.39, 0.29) is 5.91 Å². The minimum Gasteiger partial charge on any atom is -0.480 e. The minimum absolute atomic E-state index is 0.332. The van der Waals surface area contributed by atoms with Gasteiger partial charge in [-0.1, -0.05) is 47.5 Å². The van der Waals surface area contributed by atoms with E-state index in [0.717, 1.165) is 11.1 Å². The Bertz CT molecular complexity index is 790. The molecule has 2 aromatic rings. The molecule has 2 unspecified atom stereocenters. The number of carbonyl (C=O) groups excluding carboxylic acids is 1. The number of aliphatic carboxylic acids is 1. The summed E-state index contributed by atoms with van der Waals surface area (Å²) < 4.78 is 0. The van der Waals surface area contributed by atoms with Gasteiger partial charge >= 0.3 is 5.97 Å². The Morgan fingerprint density at radius 3 is 2.46 bits per heavy atom. The number of carboxylic acid groups (broad SMARTS) is 1. The van der Waals surface area contributed by atoms with Crippen molar-refractivity contribution >= 4 is 40.8 Å². The zero-order valence-corrected chi connectivity index (χ0v) is 13.9. The summed E-state index contributed by atoms with van der Waals surface area (Å²) in [5.74, 6) is -1.36. The van der Waals surface area contributed by atoms with Crippen molar-refractivity contribution < 1.29 is 14.7 Å². The van der Waals surface area contributed by atoms with Gasteiger partial charge < -0.3 is 10.4 Å². The summed E-state index contributed by atoms with van der Waals surface area (Å²) in [5.41, 5.74) is 2.06. The van der Waals surface area contributed by atoms with Gasteiger partial charge in [0.1, 0.15) is 12.1 Å². The predicted molar refractivity (Wildman–Crippen MR) is 92.5 cm³/mol. The molecule has 1 aliphatic heterocycles. The SMILES string of the molecule is O=C(O)C1Cc2ccccc2C(C(=O)Nc2cc(Cl)cc(Cl)c2)N1. The second-order valence-electron chi connectivity index (χ2n) is 5.54. The van der Waals surface area contributed by atoms with Gasteiger partial charge in [0.2, 0.25) is 5.91 Å². The fourth-order valence-corrected chi connectivity index (χ4v) is 3.31. The van der Waals surface area contributed by atoms with Crippen molar-refractivity contribution in [3.63, 3.8) is 0 Å². The predicted octanol–water partition coefficient (Wildman–Crippen LogP) is 3.27. The number of benzene rings is 2. The van der Waals surface area contributed by atoms with Crippen LogP contribution in [0, 0.1) is 0 Å². The lowest BCUT2D eigenvalue weighted by Crippen LogP contribution is -2.48. The van der Waals surface area contributed by atoms with Crippen molar-refractivity contribution in [1.82, 2.24) is 5.32 Å². The third-order valence-corrected chi connectivity index (χ3v) is 4.28. The van der Waals surface area contributed by atoms with E-state index < -0.39 is 18.1 Å². The molecule has 0 bridgehead atoms. The quantitative estimate of drug-likeness (QED) is 0.780. The summed E-state index contributed by atoms with van der Waals surface area (Å²) >= 11 is 11.9. The van der Waals surface area contributed by atoms with E-state index in [0.29, 0.717) is 22.2 Å². The summed E-state index contributed by atoms with van der Waals surface area (Å²) in [5, 5.41) is 15.7. The fraction of sp³-hybridized carbons (Fsp3) is 0.176. The molecule has 24 heavy (non-hydrogen) atoms. The van der Waals surface area contributed by atoms with Gasteiger partial charge in [0.15, 0.2) is 0 Å². The van der Waals surface area contributed by atoms with Crippen molar-refractivity contribution in [3.8, 4) is 0 Å². The first kappa shape index (κ1) is 16.8. The Morgan fingerprint density at radius 1 is 1.12 bits per heavy atom. The van der Waals surface area contributed by atoms with Crippen LogP contribution in [0.5, 0.6) is 0 Å². The normalized spacial score (nSPS) is 19.4.